The third kappa shape index (κ3) is 2.38. The van der Waals surface area contributed by atoms with Crippen molar-refractivity contribution in [3.63, 3.8) is 0 Å². The van der Waals surface area contributed by atoms with Crippen LogP contribution in [0.25, 0.3) is 0 Å². The number of rotatable bonds is 2. The lowest BCUT2D eigenvalue weighted by Gasteiger charge is -2.09. The molecule has 0 fully saturated rings. The van der Waals surface area contributed by atoms with Crippen LogP contribution in [0.4, 0.5) is 11.4 Å². The van der Waals surface area contributed by atoms with Crippen molar-refractivity contribution in [3.8, 4) is 0 Å². The molecular weight excluding hydrogens is 270 g/mol. The molecular formula is C15H11N3O3. The van der Waals surface area contributed by atoms with E-state index in [-0.39, 0.29) is 18.1 Å². The van der Waals surface area contributed by atoms with Gasteiger partial charge in [0.2, 0.25) is 5.91 Å². The van der Waals surface area contributed by atoms with Crippen molar-refractivity contribution >= 4 is 23.0 Å². The van der Waals surface area contributed by atoms with Crippen molar-refractivity contribution in [2.24, 2.45) is 4.99 Å². The van der Waals surface area contributed by atoms with Gasteiger partial charge in [0.15, 0.2) is 0 Å². The van der Waals surface area contributed by atoms with Gasteiger partial charge in [-0.15, -0.1) is 0 Å². The first-order chi connectivity index (χ1) is 10.2. The van der Waals surface area contributed by atoms with E-state index in [1.165, 1.54) is 6.07 Å². The molecule has 3 rings (SSSR count). The molecule has 0 bridgehead atoms. The van der Waals surface area contributed by atoms with Crippen molar-refractivity contribution in [2.45, 2.75) is 0 Å². The molecule has 1 N–H and O–H groups in total. The lowest BCUT2D eigenvalue weighted by atomic mass is 9.99. The zero-order chi connectivity index (χ0) is 14.8. The molecule has 0 atom stereocenters. The summed E-state index contributed by atoms with van der Waals surface area (Å²) in [6, 6.07) is 13.5. The first-order valence-corrected chi connectivity index (χ1v) is 6.34. The zero-order valence-electron chi connectivity index (χ0n) is 10.9. The van der Waals surface area contributed by atoms with Crippen molar-refractivity contribution in [2.75, 3.05) is 11.9 Å². The van der Waals surface area contributed by atoms with Crippen molar-refractivity contribution in [1.29, 1.82) is 0 Å². The summed E-state index contributed by atoms with van der Waals surface area (Å²) in [6.07, 6.45) is 0. The van der Waals surface area contributed by atoms with Crippen LogP contribution < -0.4 is 5.32 Å². The van der Waals surface area contributed by atoms with Gasteiger partial charge in [0.05, 0.1) is 21.9 Å². The summed E-state index contributed by atoms with van der Waals surface area (Å²) in [4.78, 5) is 26.7. The second-order valence-electron chi connectivity index (χ2n) is 4.53. The summed E-state index contributed by atoms with van der Waals surface area (Å²) in [5.41, 5.74) is 2.12. The van der Waals surface area contributed by atoms with Crippen molar-refractivity contribution in [3.05, 3.63) is 69.8 Å². The van der Waals surface area contributed by atoms with Crippen LogP contribution in [0, 0.1) is 10.1 Å². The van der Waals surface area contributed by atoms with Gasteiger partial charge in [0.25, 0.3) is 5.69 Å². The molecule has 1 heterocycles. The topological polar surface area (TPSA) is 84.6 Å². The molecule has 21 heavy (non-hydrogen) atoms. The Bertz CT molecular complexity index is 768. The summed E-state index contributed by atoms with van der Waals surface area (Å²) < 4.78 is 0. The smallest absolute Gasteiger partial charge is 0.278 e. The Morgan fingerprint density at radius 1 is 1.05 bits per heavy atom. The standard InChI is InChI=1S/C15H11N3O3/c19-14-9-16-15(10-5-1-3-7-12(10)17-14)11-6-2-4-8-13(11)18(20)21/h1-8H,9H2,(H,17,19). The third-order valence-corrected chi connectivity index (χ3v) is 3.19. The van der Waals surface area contributed by atoms with E-state index >= 15 is 0 Å². The van der Waals surface area contributed by atoms with Crippen LogP contribution in [0.15, 0.2) is 53.5 Å². The summed E-state index contributed by atoms with van der Waals surface area (Å²) in [5, 5.41) is 13.9. The predicted octanol–water partition coefficient (Wildman–Crippen LogP) is 2.38. The molecule has 0 unspecified atom stereocenters. The molecule has 6 heteroatoms. The fourth-order valence-electron chi connectivity index (χ4n) is 2.29. The van der Waals surface area contributed by atoms with Gasteiger partial charge in [0, 0.05) is 11.6 Å². The number of para-hydroxylation sites is 2. The third-order valence-electron chi connectivity index (χ3n) is 3.19. The molecule has 0 saturated heterocycles. The number of hydrogen-bond donors (Lipinski definition) is 1. The van der Waals surface area contributed by atoms with Gasteiger partial charge in [-0.25, -0.2) is 0 Å². The molecule has 2 aromatic carbocycles. The van der Waals surface area contributed by atoms with E-state index in [4.69, 9.17) is 0 Å². The predicted molar refractivity (Wildman–Crippen MR) is 78.7 cm³/mol. The number of aliphatic imine (C=N–C) groups is 1. The number of amides is 1. The van der Waals surface area contributed by atoms with Gasteiger partial charge < -0.3 is 5.32 Å². The summed E-state index contributed by atoms with van der Waals surface area (Å²) in [6.45, 7) is -0.0595. The molecule has 2 aromatic rings. The van der Waals surface area contributed by atoms with Crippen LogP contribution in [-0.4, -0.2) is 23.1 Å². The minimum atomic E-state index is -0.444. The number of fused-ring (bicyclic) bond motifs is 1. The highest BCUT2D eigenvalue weighted by molar-refractivity contribution is 6.20. The molecule has 0 spiro atoms. The average Bonchev–Trinajstić information content (AvgIpc) is 2.65. The quantitative estimate of drug-likeness (QED) is 0.677. The lowest BCUT2D eigenvalue weighted by Crippen LogP contribution is -2.13. The van der Waals surface area contributed by atoms with Gasteiger partial charge in [-0.05, 0) is 12.1 Å². The number of carbonyl (C=O) groups excluding carboxylic acids is 1. The maximum atomic E-state index is 11.7. The van der Waals surface area contributed by atoms with Crippen molar-refractivity contribution < 1.29 is 9.72 Å². The highest BCUT2D eigenvalue weighted by atomic mass is 16.6. The zero-order valence-corrected chi connectivity index (χ0v) is 10.9. The van der Waals surface area contributed by atoms with E-state index < -0.39 is 4.92 Å². The van der Waals surface area contributed by atoms with E-state index in [2.05, 4.69) is 10.3 Å². The van der Waals surface area contributed by atoms with Gasteiger partial charge in [-0.2, -0.15) is 0 Å². The molecule has 0 radical (unpaired) electrons. The Morgan fingerprint density at radius 2 is 1.71 bits per heavy atom. The summed E-state index contributed by atoms with van der Waals surface area (Å²) in [5.74, 6) is -0.240. The Labute approximate surface area is 120 Å². The number of nitrogens with one attached hydrogen (secondary N) is 1. The molecule has 0 saturated carbocycles. The van der Waals surface area contributed by atoms with E-state index in [9.17, 15) is 14.9 Å². The SMILES string of the molecule is O=C1CN=C(c2ccccc2[N+](=O)[O-])c2ccccc2N1. The maximum Gasteiger partial charge on any atom is 0.278 e. The fraction of sp³-hybridized carbons (Fsp3) is 0.0667. The minimum Gasteiger partial charge on any atom is -0.324 e. The van der Waals surface area contributed by atoms with Crippen molar-refractivity contribution in [1.82, 2.24) is 0 Å². The van der Waals surface area contributed by atoms with Gasteiger partial charge in [-0.3, -0.25) is 19.9 Å². The number of hydrogen-bond acceptors (Lipinski definition) is 4. The van der Waals surface area contributed by atoms with E-state index in [1.807, 2.05) is 0 Å². The second-order valence-corrected chi connectivity index (χ2v) is 4.53. The van der Waals surface area contributed by atoms with Crippen LogP contribution >= 0.6 is 0 Å². The first kappa shape index (κ1) is 13.0. The Kier molecular flexibility index (Phi) is 3.19. The van der Waals surface area contributed by atoms with Crippen LogP contribution in [0.5, 0.6) is 0 Å². The highest BCUT2D eigenvalue weighted by Gasteiger charge is 2.23. The van der Waals surface area contributed by atoms with E-state index in [0.29, 0.717) is 22.5 Å². The molecule has 6 nitrogen and oxygen atoms in total. The van der Waals surface area contributed by atoms with E-state index in [1.54, 1.807) is 42.5 Å². The minimum absolute atomic E-state index is 0.0274. The van der Waals surface area contributed by atoms with Crippen LogP contribution in [-0.2, 0) is 4.79 Å². The number of benzodiazepines with no additional fused rings is 1. The number of nitro groups is 1. The first-order valence-electron chi connectivity index (χ1n) is 6.34. The molecule has 104 valence electrons. The summed E-state index contributed by atoms with van der Waals surface area (Å²) in [7, 11) is 0. The van der Waals surface area contributed by atoms with Crippen LogP contribution in [0.2, 0.25) is 0 Å². The maximum absolute atomic E-state index is 11.7. The Morgan fingerprint density at radius 3 is 2.48 bits per heavy atom. The second kappa shape index (κ2) is 5.16. The van der Waals surface area contributed by atoms with Gasteiger partial charge >= 0.3 is 0 Å². The molecule has 1 amide bonds. The lowest BCUT2D eigenvalue weighted by molar-refractivity contribution is -0.385. The van der Waals surface area contributed by atoms with Gasteiger partial charge in [-0.1, -0.05) is 30.3 Å². The molecule has 1 aliphatic heterocycles. The van der Waals surface area contributed by atoms with Gasteiger partial charge in [0.1, 0.15) is 6.54 Å². The number of nitrogens with zero attached hydrogens (tertiary/aromatic N) is 2. The summed E-state index contributed by atoms with van der Waals surface area (Å²) >= 11 is 0. The van der Waals surface area contributed by atoms with Crippen LogP contribution in [0.1, 0.15) is 11.1 Å². The average molecular weight is 281 g/mol. The number of carbonyl (C=O) groups is 1. The van der Waals surface area contributed by atoms with Crippen LogP contribution in [0.3, 0.4) is 0 Å². The number of nitro benzene ring substituents is 1. The number of benzene rings is 2. The molecule has 1 aliphatic rings. The molecule has 0 aliphatic carbocycles. The fourth-order valence-corrected chi connectivity index (χ4v) is 2.29. The number of anilines is 1. The Hall–Kier alpha value is -3.02. The largest absolute Gasteiger partial charge is 0.324 e. The normalized spacial score (nSPS) is 13.7. The van der Waals surface area contributed by atoms with E-state index in [0.717, 1.165) is 0 Å². The highest BCUT2D eigenvalue weighted by Crippen LogP contribution is 2.27. The molecule has 0 aromatic heterocycles. The Balaban J connectivity index is 2.23. The monoisotopic (exact) mass is 281 g/mol.